The van der Waals surface area contributed by atoms with Gasteiger partial charge in [0.05, 0.1) is 0 Å². The highest BCUT2D eigenvalue weighted by Crippen LogP contribution is 2.29. The molecule has 1 aliphatic heterocycles. The minimum Gasteiger partial charge on any atom is -0.317 e. The summed E-state index contributed by atoms with van der Waals surface area (Å²) in [7, 11) is -3.36. The van der Waals surface area contributed by atoms with Crippen molar-refractivity contribution in [3.63, 3.8) is 0 Å². The Labute approximate surface area is 131 Å². The van der Waals surface area contributed by atoms with Gasteiger partial charge in [0.15, 0.2) is 0 Å². The highest BCUT2D eigenvalue weighted by atomic mass is 35.5. The predicted octanol–water partition coefficient (Wildman–Crippen LogP) is 2.45. The van der Waals surface area contributed by atoms with Crippen LogP contribution in [-0.2, 0) is 10.0 Å². The average Bonchev–Trinajstić information content (AvgIpc) is 2.68. The molecule has 0 aromatic carbocycles. The van der Waals surface area contributed by atoms with Crippen molar-refractivity contribution in [1.82, 2.24) is 10.0 Å². The third-order valence-corrected chi connectivity index (χ3v) is 6.93. The molecule has 2 N–H and O–H groups in total. The summed E-state index contributed by atoms with van der Waals surface area (Å²) < 4.78 is 27.9. The fourth-order valence-electron chi connectivity index (χ4n) is 2.43. The van der Waals surface area contributed by atoms with Crippen molar-refractivity contribution in [3.05, 3.63) is 16.5 Å². The minimum absolute atomic E-state index is 0. The van der Waals surface area contributed by atoms with Crippen LogP contribution in [0.5, 0.6) is 0 Å². The maximum Gasteiger partial charge on any atom is 0.250 e. The summed E-state index contributed by atoms with van der Waals surface area (Å²) in [6.07, 6.45) is 2.02. The smallest absolute Gasteiger partial charge is 0.250 e. The molecule has 1 aromatic rings. The summed E-state index contributed by atoms with van der Waals surface area (Å²) in [4.78, 5) is 1.03. The number of sulfonamides is 1. The summed E-state index contributed by atoms with van der Waals surface area (Å²) in [6, 6.07) is 1.92. The fraction of sp³-hybridized carbons (Fsp3) is 0.692. The van der Waals surface area contributed by atoms with Gasteiger partial charge in [-0.25, -0.2) is 13.1 Å². The van der Waals surface area contributed by atoms with Crippen LogP contribution in [0.4, 0.5) is 0 Å². The molecular formula is C13H23ClN2O2S2. The van der Waals surface area contributed by atoms with Crippen LogP contribution in [-0.4, -0.2) is 28.1 Å². The van der Waals surface area contributed by atoms with E-state index < -0.39 is 10.0 Å². The normalized spacial score (nSPS) is 18.6. The van der Waals surface area contributed by atoms with E-state index in [4.69, 9.17) is 0 Å². The van der Waals surface area contributed by atoms with Gasteiger partial charge in [0.25, 0.3) is 0 Å². The Balaban J connectivity index is 0.00000200. The van der Waals surface area contributed by atoms with E-state index >= 15 is 0 Å². The summed E-state index contributed by atoms with van der Waals surface area (Å²) in [5, 5.41) is 3.31. The zero-order chi connectivity index (χ0) is 14.1. The van der Waals surface area contributed by atoms with Gasteiger partial charge in [-0.15, -0.1) is 23.7 Å². The Hall–Kier alpha value is -0.140. The van der Waals surface area contributed by atoms with Gasteiger partial charge in [-0.3, -0.25) is 0 Å². The number of hydrogen-bond donors (Lipinski definition) is 2. The van der Waals surface area contributed by atoms with E-state index in [1.807, 2.05) is 19.9 Å². The minimum atomic E-state index is -3.36. The van der Waals surface area contributed by atoms with Crippen molar-refractivity contribution in [2.75, 3.05) is 19.6 Å². The molecular weight excluding hydrogens is 316 g/mol. The second kappa shape index (κ2) is 6.75. The summed E-state index contributed by atoms with van der Waals surface area (Å²) in [5.41, 5.74) is 0.906. The molecule has 1 saturated heterocycles. The fourth-order valence-corrected chi connectivity index (χ4v) is 5.34. The molecule has 0 atom stereocenters. The first-order valence-corrected chi connectivity index (χ1v) is 8.90. The molecule has 0 spiro atoms. The Morgan fingerprint density at radius 1 is 1.35 bits per heavy atom. The van der Waals surface area contributed by atoms with Crippen LogP contribution < -0.4 is 10.0 Å². The summed E-state index contributed by atoms with van der Waals surface area (Å²) in [5.74, 6) is 0. The molecule has 1 aliphatic rings. The molecule has 0 radical (unpaired) electrons. The van der Waals surface area contributed by atoms with Gasteiger partial charge in [-0.1, -0.05) is 6.92 Å². The van der Waals surface area contributed by atoms with Gasteiger partial charge in [0, 0.05) is 11.4 Å². The Morgan fingerprint density at radius 3 is 2.45 bits per heavy atom. The zero-order valence-corrected chi connectivity index (χ0v) is 14.6. The second-order valence-electron chi connectivity index (χ2n) is 5.71. The molecule has 0 saturated carbocycles. The van der Waals surface area contributed by atoms with Crippen LogP contribution in [0.15, 0.2) is 10.3 Å². The number of piperidine rings is 1. The van der Waals surface area contributed by atoms with Crippen molar-refractivity contribution >= 4 is 33.8 Å². The molecule has 0 amide bonds. The van der Waals surface area contributed by atoms with Crippen LogP contribution in [0.2, 0.25) is 0 Å². The number of hydrogen-bond acceptors (Lipinski definition) is 4. The lowest BCUT2D eigenvalue weighted by Gasteiger charge is -2.34. The van der Waals surface area contributed by atoms with Crippen molar-refractivity contribution in [3.8, 4) is 0 Å². The molecule has 0 aliphatic carbocycles. The molecule has 4 nitrogen and oxygen atoms in total. The van der Waals surface area contributed by atoms with Crippen LogP contribution in [0.25, 0.3) is 0 Å². The lowest BCUT2D eigenvalue weighted by atomic mass is 9.81. The van der Waals surface area contributed by atoms with Crippen molar-refractivity contribution in [1.29, 1.82) is 0 Å². The second-order valence-corrected chi connectivity index (χ2v) is 8.93. The van der Waals surface area contributed by atoms with E-state index in [0.29, 0.717) is 10.8 Å². The van der Waals surface area contributed by atoms with Gasteiger partial charge in [0.2, 0.25) is 10.0 Å². The van der Waals surface area contributed by atoms with Gasteiger partial charge < -0.3 is 5.32 Å². The van der Waals surface area contributed by atoms with E-state index in [9.17, 15) is 8.42 Å². The topological polar surface area (TPSA) is 58.2 Å². The first-order chi connectivity index (χ1) is 8.82. The maximum atomic E-state index is 12.3. The van der Waals surface area contributed by atoms with Crippen molar-refractivity contribution < 1.29 is 8.42 Å². The molecule has 2 heterocycles. The van der Waals surface area contributed by atoms with Crippen LogP contribution in [0, 0.1) is 19.3 Å². The SMILES string of the molecule is Cc1cc(C)c(S(=O)(=O)NCC2(C)CCNCC2)s1.Cl. The van der Waals surface area contributed by atoms with Crippen molar-refractivity contribution in [2.24, 2.45) is 5.41 Å². The number of nitrogens with one attached hydrogen (secondary N) is 2. The highest BCUT2D eigenvalue weighted by molar-refractivity contribution is 7.91. The molecule has 2 rings (SSSR count). The van der Waals surface area contributed by atoms with Crippen LogP contribution in [0.3, 0.4) is 0 Å². The quantitative estimate of drug-likeness (QED) is 0.886. The van der Waals surface area contributed by atoms with E-state index in [2.05, 4.69) is 17.0 Å². The highest BCUT2D eigenvalue weighted by Gasteiger charge is 2.29. The predicted molar refractivity (Wildman–Crippen MR) is 86.4 cm³/mol. The van der Waals surface area contributed by atoms with Gasteiger partial charge >= 0.3 is 0 Å². The molecule has 116 valence electrons. The molecule has 0 bridgehead atoms. The average molecular weight is 339 g/mol. The number of rotatable bonds is 4. The zero-order valence-electron chi connectivity index (χ0n) is 12.2. The largest absolute Gasteiger partial charge is 0.317 e. The van der Waals surface area contributed by atoms with E-state index in [-0.39, 0.29) is 17.8 Å². The first-order valence-electron chi connectivity index (χ1n) is 6.60. The van der Waals surface area contributed by atoms with Gasteiger partial charge in [0.1, 0.15) is 4.21 Å². The van der Waals surface area contributed by atoms with E-state index in [1.54, 1.807) is 0 Å². The standard InChI is InChI=1S/C13H22N2O2S2.ClH/c1-10-8-11(2)18-12(10)19(16,17)15-9-13(3)4-6-14-7-5-13;/h8,14-15H,4-7,9H2,1-3H3;1H. The number of halogens is 1. The molecule has 7 heteroatoms. The summed E-state index contributed by atoms with van der Waals surface area (Å²) in [6.45, 7) is 8.40. The lowest BCUT2D eigenvalue weighted by molar-refractivity contribution is 0.232. The van der Waals surface area contributed by atoms with Gasteiger partial charge in [-0.05, 0) is 56.8 Å². The van der Waals surface area contributed by atoms with Gasteiger partial charge in [-0.2, -0.15) is 0 Å². The molecule has 1 fully saturated rings. The Morgan fingerprint density at radius 2 is 1.95 bits per heavy atom. The summed E-state index contributed by atoms with van der Waals surface area (Å²) >= 11 is 1.34. The maximum absolute atomic E-state index is 12.3. The Kier molecular flexibility index (Phi) is 6.04. The molecule has 1 aromatic heterocycles. The Bertz CT molecular complexity index is 549. The third-order valence-electron chi connectivity index (χ3n) is 3.74. The van der Waals surface area contributed by atoms with E-state index in [1.165, 1.54) is 11.3 Å². The number of aryl methyl sites for hydroxylation is 2. The third kappa shape index (κ3) is 4.18. The van der Waals surface area contributed by atoms with Crippen LogP contribution in [0.1, 0.15) is 30.2 Å². The molecule has 0 unspecified atom stereocenters. The van der Waals surface area contributed by atoms with Crippen molar-refractivity contribution in [2.45, 2.75) is 37.8 Å². The van der Waals surface area contributed by atoms with E-state index in [0.717, 1.165) is 36.4 Å². The monoisotopic (exact) mass is 338 g/mol. The first kappa shape index (κ1) is 17.9. The van der Waals surface area contributed by atoms with Crippen LogP contribution >= 0.6 is 23.7 Å². The molecule has 20 heavy (non-hydrogen) atoms. The lowest BCUT2D eigenvalue weighted by Crippen LogP contribution is -2.42. The number of thiophene rings is 1.